The van der Waals surface area contributed by atoms with Crippen LogP contribution in [0.2, 0.25) is 0 Å². The zero-order chi connectivity index (χ0) is 13.5. The van der Waals surface area contributed by atoms with Gasteiger partial charge in [0.2, 0.25) is 0 Å². The van der Waals surface area contributed by atoms with Crippen molar-refractivity contribution < 1.29 is 19.1 Å². The molecule has 0 amide bonds. The van der Waals surface area contributed by atoms with E-state index in [2.05, 4.69) is 15.9 Å². The molecule has 0 aliphatic heterocycles. The molecule has 0 aromatic heterocycles. The Morgan fingerprint density at radius 1 is 1.22 bits per heavy atom. The maximum absolute atomic E-state index is 11.8. The third-order valence-electron chi connectivity index (χ3n) is 2.21. The van der Waals surface area contributed by atoms with E-state index in [-0.39, 0.29) is 6.61 Å². The van der Waals surface area contributed by atoms with Crippen molar-refractivity contribution >= 4 is 27.9 Å². The molecule has 0 bridgehead atoms. The van der Waals surface area contributed by atoms with Gasteiger partial charge in [0.05, 0.1) is 6.61 Å². The topological polar surface area (TPSA) is 52.6 Å². The maximum atomic E-state index is 11.8. The molecule has 5 heteroatoms. The van der Waals surface area contributed by atoms with Gasteiger partial charge in [0, 0.05) is 0 Å². The van der Waals surface area contributed by atoms with Crippen LogP contribution in [0.25, 0.3) is 0 Å². The Labute approximate surface area is 114 Å². The zero-order valence-corrected chi connectivity index (χ0v) is 11.8. The van der Waals surface area contributed by atoms with Gasteiger partial charge < -0.3 is 9.47 Å². The lowest BCUT2D eigenvalue weighted by Gasteiger charge is -2.15. The summed E-state index contributed by atoms with van der Waals surface area (Å²) in [4.78, 5) is 22.5. The van der Waals surface area contributed by atoms with Crippen LogP contribution in [-0.2, 0) is 19.1 Å². The van der Waals surface area contributed by atoms with Gasteiger partial charge >= 0.3 is 11.9 Å². The molecule has 0 spiro atoms. The lowest BCUT2D eigenvalue weighted by atomic mass is 10.1. The molecule has 1 aromatic carbocycles. The van der Waals surface area contributed by atoms with Gasteiger partial charge in [-0.1, -0.05) is 46.3 Å². The molecule has 1 unspecified atom stereocenters. The van der Waals surface area contributed by atoms with Crippen LogP contribution < -0.4 is 0 Å². The predicted octanol–water partition coefficient (Wildman–Crippen LogP) is 2.62. The van der Waals surface area contributed by atoms with E-state index in [1.807, 2.05) is 18.2 Å². The van der Waals surface area contributed by atoms with Crippen LogP contribution in [0.3, 0.4) is 0 Å². The highest BCUT2D eigenvalue weighted by molar-refractivity contribution is 9.09. The molecule has 0 saturated carbocycles. The standard InChI is InChI=1S/C13H15BrO4/c1-3-17-12(15)9(2)18-13(16)11(14)10-7-5-4-6-8-10/h4-9,11H,3H2,1-2H3/t9-,11?/m0/s1. The van der Waals surface area contributed by atoms with Crippen molar-refractivity contribution in [1.29, 1.82) is 0 Å². The summed E-state index contributed by atoms with van der Waals surface area (Å²) >= 11 is 3.24. The number of hydrogen-bond donors (Lipinski definition) is 0. The largest absolute Gasteiger partial charge is 0.463 e. The lowest BCUT2D eigenvalue weighted by Crippen LogP contribution is -2.27. The second-order valence-corrected chi connectivity index (χ2v) is 4.52. The zero-order valence-electron chi connectivity index (χ0n) is 10.3. The van der Waals surface area contributed by atoms with E-state index >= 15 is 0 Å². The number of alkyl halides is 1. The molecular formula is C13H15BrO4. The second-order valence-electron chi connectivity index (χ2n) is 3.60. The van der Waals surface area contributed by atoms with E-state index in [0.29, 0.717) is 0 Å². The third-order valence-corrected chi connectivity index (χ3v) is 3.11. The van der Waals surface area contributed by atoms with Crippen LogP contribution in [0.5, 0.6) is 0 Å². The summed E-state index contributed by atoms with van der Waals surface area (Å²) in [6.45, 7) is 3.45. The van der Waals surface area contributed by atoms with Crippen molar-refractivity contribution in [2.45, 2.75) is 24.8 Å². The van der Waals surface area contributed by atoms with E-state index in [9.17, 15) is 9.59 Å². The van der Waals surface area contributed by atoms with Crippen molar-refractivity contribution in [3.05, 3.63) is 35.9 Å². The summed E-state index contributed by atoms with van der Waals surface area (Å²) in [6.07, 6.45) is -0.902. The van der Waals surface area contributed by atoms with E-state index in [1.54, 1.807) is 19.1 Å². The fourth-order valence-corrected chi connectivity index (χ4v) is 1.71. The fourth-order valence-electron chi connectivity index (χ4n) is 1.30. The summed E-state index contributed by atoms with van der Waals surface area (Å²) in [5.41, 5.74) is 0.776. The first-order chi connectivity index (χ1) is 8.56. The van der Waals surface area contributed by atoms with E-state index in [4.69, 9.17) is 9.47 Å². The second kappa shape index (κ2) is 7.16. The first kappa shape index (κ1) is 14.7. The number of halogens is 1. The number of esters is 2. The molecule has 0 radical (unpaired) electrons. The summed E-state index contributed by atoms with van der Waals surface area (Å²) in [7, 11) is 0. The number of benzene rings is 1. The Bertz CT molecular complexity index is 405. The molecule has 18 heavy (non-hydrogen) atoms. The van der Waals surface area contributed by atoms with Crippen LogP contribution in [0.15, 0.2) is 30.3 Å². The Kier molecular flexibility index (Phi) is 5.85. The molecule has 0 aliphatic rings. The van der Waals surface area contributed by atoms with Crippen LogP contribution in [0.1, 0.15) is 24.2 Å². The van der Waals surface area contributed by atoms with E-state index in [0.717, 1.165) is 5.56 Å². The highest BCUT2D eigenvalue weighted by atomic mass is 79.9. The molecule has 0 aliphatic carbocycles. The minimum absolute atomic E-state index is 0.261. The fraction of sp³-hybridized carbons (Fsp3) is 0.385. The number of carbonyl (C=O) groups excluding carboxylic acids is 2. The monoisotopic (exact) mass is 314 g/mol. The van der Waals surface area contributed by atoms with Crippen LogP contribution >= 0.6 is 15.9 Å². The normalized spacial score (nSPS) is 13.5. The van der Waals surface area contributed by atoms with Crippen LogP contribution in [0.4, 0.5) is 0 Å². The SMILES string of the molecule is CCOC(=O)[C@H](C)OC(=O)C(Br)c1ccccc1. The van der Waals surface area contributed by atoms with Gasteiger partial charge in [0.1, 0.15) is 4.83 Å². The van der Waals surface area contributed by atoms with E-state index < -0.39 is 22.9 Å². The number of hydrogen-bond acceptors (Lipinski definition) is 4. The molecule has 4 nitrogen and oxygen atoms in total. The van der Waals surface area contributed by atoms with Gasteiger partial charge in [-0.3, -0.25) is 4.79 Å². The molecule has 1 aromatic rings. The minimum atomic E-state index is -0.902. The quantitative estimate of drug-likeness (QED) is 0.619. The van der Waals surface area contributed by atoms with Gasteiger partial charge in [-0.15, -0.1) is 0 Å². The van der Waals surface area contributed by atoms with Crippen molar-refractivity contribution in [3.8, 4) is 0 Å². The molecule has 0 fully saturated rings. The summed E-state index contributed by atoms with van der Waals surface area (Å²) in [5, 5.41) is 0. The highest BCUT2D eigenvalue weighted by Crippen LogP contribution is 2.24. The number of carbonyl (C=O) groups is 2. The van der Waals surface area contributed by atoms with Gasteiger partial charge in [-0.05, 0) is 19.4 Å². The summed E-state index contributed by atoms with van der Waals surface area (Å²) in [6, 6.07) is 9.11. The van der Waals surface area contributed by atoms with Gasteiger partial charge in [-0.2, -0.15) is 0 Å². The molecule has 0 heterocycles. The third kappa shape index (κ3) is 4.14. The van der Waals surface area contributed by atoms with Crippen molar-refractivity contribution in [1.82, 2.24) is 0 Å². The molecule has 1 rings (SSSR count). The Balaban J connectivity index is 2.58. The van der Waals surface area contributed by atoms with Gasteiger partial charge in [0.15, 0.2) is 6.10 Å². The Hall–Kier alpha value is -1.36. The van der Waals surface area contributed by atoms with Crippen molar-refractivity contribution in [3.63, 3.8) is 0 Å². The minimum Gasteiger partial charge on any atom is -0.463 e. The molecule has 2 atom stereocenters. The average molecular weight is 315 g/mol. The maximum Gasteiger partial charge on any atom is 0.347 e. The molecule has 0 saturated heterocycles. The summed E-state index contributed by atoms with van der Waals surface area (Å²) < 4.78 is 9.78. The van der Waals surface area contributed by atoms with Crippen molar-refractivity contribution in [2.24, 2.45) is 0 Å². The number of rotatable bonds is 5. The van der Waals surface area contributed by atoms with Crippen molar-refractivity contribution in [2.75, 3.05) is 6.61 Å². The Morgan fingerprint density at radius 2 is 1.83 bits per heavy atom. The van der Waals surface area contributed by atoms with E-state index in [1.165, 1.54) is 6.92 Å². The summed E-state index contributed by atoms with van der Waals surface area (Å²) in [5.74, 6) is -1.06. The molecule has 0 N–H and O–H groups in total. The van der Waals surface area contributed by atoms with Gasteiger partial charge in [-0.25, -0.2) is 4.79 Å². The highest BCUT2D eigenvalue weighted by Gasteiger charge is 2.24. The molecule has 98 valence electrons. The predicted molar refractivity (Wildman–Crippen MR) is 70.3 cm³/mol. The average Bonchev–Trinajstić information content (AvgIpc) is 2.39. The lowest BCUT2D eigenvalue weighted by molar-refractivity contribution is -0.165. The number of ether oxygens (including phenoxy) is 2. The smallest absolute Gasteiger partial charge is 0.347 e. The Morgan fingerprint density at radius 3 is 2.39 bits per heavy atom. The van der Waals surface area contributed by atoms with Gasteiger partial charge in [0.25, 0.3) is 0 Å². The van der Waals surface area contributed by atoms with Crippen LogP contribution in [0, 0.1) is 0 Å². The van der Waals surface area contributed by atoms with Crippen LogP contribution in [-0.4, -0.2) is 24.6 Å². The first-order valence-corrected chi connectivity index (χ1v) is 6.54. The molecular weight excluding hydrogens is 300 g/mol. The first-order valence-electron chi connectivity index (χ1n) is 5.62.